The van der Waals surface area contributed by atoms with Crippen LogP contribution in [-0.4, -0.2) is 56.5 Å². The Hall–Kier alpha value is -1.92. The number of hydrogen-bond donors (Lipinski definition) is 1. The first-order chi connectivity index (χ1) is 12.6. The molecule has 3 rings (SSSR count). The van der Waals surface area contributed by atoms with Crippen molar-refractivity contribution in [2.45, 2.75) is 4.90 Å². The molecule has 2 aromatic rings. The normalized spacial score (nSPS) is 14.3. The number of nitrogens with zero attached hydrogens (tertiary/aromatic N) is 3. The van der Waals surface area contributed by atoms with Crippen LogP contribution in [0.25, 0.3) is 0 Å². The standard InChI is InChI=1S/C20H26N4S2/c1-22(2)17-10-8-16(9-11-17)21-20(25)24-14-12-23(13-15-24)18-6-4-5-7-19(18)26-3/h4-11H,12-15H2,1-3H3,(H,21,25). The Labute approximate surface area is 166 Å². The van der Waals surface area contributed by atoms with Gasteiger partial charge in [0.05, 0.1) is 5.69 Å². The largest absolute Gasteiger partial charge is 0.378 e. The Morgan fingerprint density at radius 3 is 2.27 bits per heavy atom. The van der Waals surface area contributed by atoms with E-state index in [1.165, 1.54) is 16.3 Å². The molecule has 26 heavy (non-hydrogen) atoms. The molecule has 138 valence electrons. The third-order valence-electron chi connectivity index (χ3n) is 4.63. The molecule has 1 N–H and O–H groups in total. The molecule has 0 aliphatic carbocycles. The van der Waals surface area contributed by atoms with E-state index in [0.29, 0.717) is 0 Å². The van der Waals surface area contributed by atoms with E-state index < -0.39 is 0 Å². The van der Waals surface area contributed by atoms with Crippen LogP contribution in [0.3, 0.4) is 0 Å². The van der Waals surface area contributed by atoms with Gasteiger partial charge in [-0.3, -0.25) is 0 Å². The van der Waals surface area contributed by atoms with Gasteiger partial charge in [0.15, 0.2) is 5.11 Å². The predicted molar refractivity (Wildman–Crippen MR) is 119 cm³/mol. The Kier molecular flexibility index (Phi) is 6.27. The fraction of sp³-hybridized carbons (Fsp3) is 0.350. The van der Waals surface area contributed by atoms with Crippen molar-refractivity contribution in [2.24, 2.45) is 0 Å². The maximum absolute atomic E-state index is 5.63. The zero-order chi connectivity index (χ0) is 18.5. The zero-order valence-electron chi connectivity index (χ0n) is 15.6. The molecule has 0 aromatic heterocycles. The van der Waals surface area contributed by atoms with Crippen molar-refractivity contribution >= 4 is 46.2 Å². The van der Waals surface area contributed by atoms with Crippen molar-refractivity contribution in [3.05, 3.63) is 48.5 Å². The Balaban J connectivity index is 1.56. The highest BCUT2D eigenvalue weighted by Crippen LogP contribution is 2.29. The van der Waals surface area contributed by atoms with Gasteiger partial charge in [-0.25, -0.2) is 0 Å². The van der Waals surface area contributed by atoms with Crippen LogP contribution in [0.15, 0.2) is 53.4 Å². The summed E-state index contributed by atoms with van der Waals surface area (Å²) in [5.41, 5.74) is 3.55. The highest BCUT2D eigenvalue weighted by molar-refractivity contribution is 7.98. The van der Waals surface area contributed by atoms with Crippen LogP contribution in [0.1, 0.15) is 0 Å². The topological polar surface area (TPSA) is 21.8 Å². The van der Waals surface area contributed by atoms with Gasteiger partial charge in [-0.2, -0.15) is 0 Å². The minimum absolute atomic E-state index is 0.806. The van der Waals surface area contributed by atoms with E-state index in [1.807, 2.05) is 14.1 Å². The molecule has 0 bridgehead atoms. The van der Waals surface area contributed by atoms with Crippen molar-refractivity contribution in [3.63, 3.8) is 0 Å². The van der Waals surface area contributed by atoms with Gasteiger partial charge in [0.2, 0.25) is 0 Å². The molecule has 1 aliphatic heterocycles. The average Bonchev–Trinajstić information content (AvgIpc) is 2.68. The molecule has 1 saturated heterocycles. The van der Waals surface area contributed by atoms with Crippen LogP contribution < -0.4 is 15.1 Å². The number of anilines is 3. The summed E-state index contributed by atoms with van der Waals surface area (Å²) in [5.74, 6) is 0. The average molecular weight is 387 g/mol. The summed E-state index contributed by atoms with van der Waals surface area (Å²) in [7, 11) is 4.09. The van der Waals surface area contributed by atoms with Gasteiger partial charge in [0, 0.05) is 56.5 Å². The first-order valence-electron chi connectivity index (χ1n) is 8.80. The highest BCUT2D eigenvalue weighted by atomic mass is 32.2. The van der Waals surface area contributed by atoms with Crippen molar-refractivity contribution in [1.29, 1.82) is 0 Å². The molecule has 0 saturated carbocycles. The quantitative estimate of drug-likeness (QED) is 0.629. The molecule has 0 atom stereocenters. The summed E-state index contributed by atoms with van der Waals surface area (Å²) in [6.07, 6.45) is 2.13. The minimum atomic E-state index is 0.806. The predicted octanol–water partition coefficient (Wildman–Crippen LogP) is 3.99. The van der Waals surface area contributed by atoms with Gasteiger partial charge in [-0.15, -0.1) is 11.8 Å². The summed E-state index contributed by atoms with van der Waals surface area (Å²) in [5, 5.41) is 4.18. The molecule has 0 unspecified atom stereocenters. The number of rotatable bonds is 4. The maximum atomic E-state index is 5.63. The Morgan fingerprint density at radius 2 is 1.65 bits per heavy atom. The maximum Gasteiger partial charge on any atom is 0.173 e. The molecule has 1 fully saturated rings. The molecule has 6 heteroatoms. The van der Waals surface area contributed by atoms with Crippen LogP contribution in [0.2, 0.25) is 0 Å². The van der Waals surface area contributed by atoms with E-state index in [-0.39, 0.29) is 0 Å². The van der Waals surface area contributed by atoms with Crippen LogP contribution >= 0.6 is 24.0 Å². The fourth-order valence-corrected chi connectivity index (χ4v) is 4.01. The lowest BCUT2D eigenvalue weighted by Gasteiger charge is -2.38. The number of piperazine rings is 1. The Morgan fingerprint density at radius 1 is 1.00 bits per heavy atom. The third kappa shape index (κ3) is 4.43. The molecule has 2 aromatic carbocycles. The first-order valence-corrected chi connectivity index (χ1v) is 10.4. The number of thiocarbonyl (C=S) groups is 1. The number of thioether (sulfide) groups is 1. The van der Waals surface area contributed by atoms with Gasteiger partial charge in [0.25, 0.3) is 0 Å². The first kappa shape index (κ1) is 18.9. The van der Waals surface area contributed by atoms with Gasteiger partial charge in [-0.1, -0.05) is 12.1 Å². The van der Waals surface area contributed by atoms with Crippen LogP contribution in [0, 0.1) is 0 Å². The smallest absolute Gasteiger partial charge is 0.173 e. The SMILES string of the molecule is CSc1ccccc1N1CCN(C(=S)Nc2ccc(N(C)C)cc2)CC1. The second kappa shape index (κ2) is 8.64. The highest BCUT2D eigenvalue weighted by Gasteiger charge is 2.20. The van der Waals surface area contributed by atoms with E-state index >= 15 is 0 Å². The van der Waals surface area contributed by atoms with Crippen molar-refractivity contribution in [1.82, 2.24) is 4.90 Å². The molecule has 0 amide bonds. The molecule has 1 heterocycles. The summed E-state index contributed by atoms with van der Waals surface area (Å²) in [6, 6.07) is 17.0. The number of benzene rings is 2. The second-order valence-electron chi connectivity index (χ2n) is 6.52. The minimum Gasteiger partial charge on any atom is -0.378 e. The lowest BCUT2D eigenvalue weighted by atomic mass is 10.2. The Bertz CT molecular complexity index is 738. The summed E-state index contributed by atoms with van der Waals surface area (Å²) in [6.45, 7) is 3.84. The van der Waals surface area contributed by atoms with E-state index in [4.69, 9.17) is 12.2 Å². The number of hydrogen-bond acceptors (Lipinski definition) is 4. The monoisotopic (exact) mass is 386 g/mol. The third-order valence-corrected chi connectivity index (χ3v) is 5.77. The summed E-state index contributed by atoms with van der Waals surface area (Å²) in [4.78, 5) is 8.14. The van der Waals surface area contributed by atoms with E-state index in [2.05, 4.69) is 74.8 Å². The second-order valence-corrected chi connectivity index (χ2v) is 7.75. The van der Waals surface area contributed by atoms with E-state index in [9.17, 15) is 0 Å². The van der Waals surface area contributed by atoms with Crippen molar-refractivity contribution < 1.29 is 0 Å². The molecule has 1 aliphatic rings. The van der Waals surface area contributed by atoms with Gasteiger partial charge >= 0.3 is 0 Å². The van der Waals surface area contributed by atoms with Crippen LogP contribution in [0.4, 0.5) is 17.1 Å². The van der Waals surface area contributed by atoms with Crippen molar-refractivity contribution in [2.75, 3.05) is 61.6 Å². The van der Waals surface area contributed by atoms with Crippen molar-refractivity contribution in [3.8, 4) is 0 Å². The number of para-hydroxylation sites is 1. The molecule has 0 spiro atoms. The summed E-state index contributed by atoms with van der Waals surface area (Å²) < 4.78 is 0. The molecule has 4 nitrogen and oxygen atoms in total. The lowest BCUT2D eigenvalue weighted by Crippen LogP contribution is -2.50. The zero-order valence-corrected chi connectivity index (χ0v) is 17.2. The fourth-order valence-electron chi connectivity index (χ4n) is 3.09. The molecule has 0 radical (unpaired) electrons. The molecular weight excluding hydrogens is 360 g/mol. The number of nitrogens with one attached hydrogen (secondary N) is 1. The van der Waals surface area contributed by atoms with Gasteiger partial charge in [0.1, 0.15) is 0 Å². The van der Waals surface area contributed by atoms with Crippen LogP contribution in [-0.2, 0) is 0 Å². The van der Waals surface area contributed by atoms with Crippen LogP contribution in [0.5, 0.6) is 0 Å². The van der Waals surface area contributed by atoms with Gasteiger partial charge < -0.3 is 20.0 Å². The lowest BCUT2D eigenvalue weighted by molar-refractivity contribution is 0.390. The van der Waals surface area contributed by atoms with E-state index in [0.717, 1.165) is 37.0 Å². The summed E-state index contributed by atoms with van der Waals surface area (Å²) >= 11 is 7.43. The van der Waals surface area contributed by atoms with E-state index in [1.54, 1.807) is 11.8 Å². The molecular formula is C20H26N4S2. The van der Waals surface area contributed by atoms with Gasteiger partial charge in [-0.05, 0) is 54.9 Å².